The molecule has 3 heterocycles. The van der Waals surface area contributed by atoms with E-state index in [0.29, 0.717) is 18.8 Å². The first kappa shape index (κ1) is 13.1. The lowest BCUT2D eigenvalue weighted by Gasteiger charge is -2.45. The summed E-state index contributed by atoms with van der Waals surface area (Å²) in [6.45, 7) is 2.97. The van der Waals surface area contributed by atoms with Gasteiger partial charge in [0.15, 0.2) is 0 Å². The molecule has 0 N–H and O–H groups in total. The van der Waals surface area contributed by atoms with Gasteiger partial charge in [-0.3, -0.25) is 9.59 Å². The fraction of sp³-hybridized carbons (Fsp3) is 0.615. The monoisotopic (exact) mass is 279 g/mol. The van der Waals surface area contributed by atoms with Crippen LogP contribution in [0.5, 0.6) is 0 Å². The van der Waals surface area contributed by atoms with Gasteiger partial charge in [-0.1, -0.05) is 5.16 Å². The molecule has 2 atom stereocenters. The molecule has 3 rings (SSSR count). The summed E-state index contributed by atoms with van der Waals surface area (Å²) in [7, 11) is 1.76. The van der Waals surface area contributed by atoms with Crippen LogP contribution >= 0.6 is 0 Å². The van der Waals surface area contributed by atoms with E-state index in [2.05, 4.69) is 5.16 Å². The summed E-state index contributed by atoms with van der Waals surface area (Å²) in [5, 5.41) is 3.73. The Bertz CT molecular complexity index is 541. The molecular formula is C13H17N3O4. The van der Waals surface area contributed by atoms with Crippen LogP contribution < -0.4 is 0 Å². The number of hydrogen-bond donors (Lipinski definition) is 0. The first-order chi connectivity index (χ1) is 9.56. The maximum atomic E-state index is 12.3. The van der Waals surface area contributed by atoms with Gasteiger partial charge in [-0.25, -0.2) is 0 Å². The normalized spacial score (nSPS) is 26.6. The minimum Gasteiger partial charge on any atom is -0.366 e. The molecule has 0 saturated carbocycles. The molecular weight excluding hydrogens is 262 g/mol. The lowest BCUT2D eigenvalue weighted by atomic mass is 9.99. The first-order valence-electron chi connectivity index (χ1n) is 6.66. The summed E-state index contributed by atoms with van der Waals surface area (Å²) in [5.74, 6) is 0.0122. The van der Waals surface area contributed by atoms with Gasteiger partial charge in [-0.05, 0) is 13.3 Å². The van der Waals surface area contributed by atoms with Crippen LogP contribution in [0, 0.1) is 6.92 Å². The number of amides is 2. The number of piperidine rings is 1. The molecule has 1 aromatic rings. The second-order valence-corrected chi connectivity index (χ2v) is 5.29. The lowest BCUT2D eigenvalue weighted by molar-refractivity contribution is -0.159. The molecule has 2 saturated heterocycles. The third-order valence-electron chi connectivity index (χ3n) is 3.96. The Morgan fingerprint density at radius 3 is 3.00 bits per heavy atom. The Kier molecular flexibility index (Phi) is 3.21. The van der Waals surface area contributed by atoms with Gasteiger partial charge in [0.25, 0.3) is 5.91 Å². The van der Waals surface area contributed by atoms with Crippen LogP contribution in [-0.2, 0) is 9.53 Å². The van der Waals surface area contributed by atoms with Crippen molar-refractivity contribution in [2.24, 2.45) is 0 Å². The summed E-state index contributed by atoms with van der Waals surface area (Å²) in [6, 6.07) is 1.54. The fourth-order valence-electron chi connectivity index (χ4n) is 2.75. The third kappa shape index (κ3) is 2.18. The molecule has 0 bridgehead atoms. The smallest absolute Gasteiger partial charge is 0.292 e. The van der Waals surface area contributed by atoms with E-state index in [1.165, 1.54) is 0 Å². The van der Waals surface area contributed by atoms with Crippen molar-refractivity contribution in [1.82, 2.24) is 15.0 Å². The zero-order valence-corrected chi connectivity index (χ0v) is 11.5. The van der Waals surface area contributed by atoms with Gasteiger partial charge in [0.05, 0.1) is 17.8 Å². The van der Waals surface area contributed by atoms with E-state index in [4.69, 9.17) is 9.26 Å². The number of carbonyl (C=O) groups excluding carboxylic acids is 2. The van der Waals surface area contributed by atoms with Crippen LogP contribution in [0.15, 0.2) is 10.6 Å². The van der Waals surface area contributed by atoms with E-state index in [1.54, 1.807) is 29.8 Å². The van der Waals surface area contributed by atoms with Crippen molar-refractivity contribution in [3.05, 3.63) is 17.5 Å². The van der Waals surface area contributed by atoms with E-state index in [0.717, 1.165) is 6.42 Å². The molecule has 7 heteroatoms. The van der Waals surface area contributed by atoms with Crippen molar-refractivity contribution in [2.75, 3.05) is 26.7 Å². The quantitative estimate of drug-likeness (QED) is 0.726. The number of aryl methyl sites for hydroxylation is 1. The van der Waals surface area contributed by atoms with Crippen LogP contribution in [0.2, 0.25) is 0 Å². The molecule has 2 fully saturated rings. The van der Waals surface area contributed by atoms with Gasteiger partial charge >= 0.3 is 0 Å². The van der Waals surface area contributed by atoms with Crippen LogP contribution in [0.3, 0.4) is 0 Å². The average Bonchev–Trinajstić information content (AvgIpc) is 2.88. The van der Waals surface area contributed by atoms with Crippen molar-refractivity contribution in [3.63, 3.8) is 0 Å². The summed E-state index contributed by atoms with van der Waals surface area (Å²) in [4.78, 5) is 27.4. The Labute approximate surface area is 116 Å². The minimum atomic E-state index is -0.185. The van der Waals surface area contributed by atoms with Crippen LogP contribution in [-0.4, -0.2) is 65.7 Å². The number of ether oxygens (including phenoxy) is 1. The van der Waals surface area contributed by atoms with Crippen molar-refractivity contribution < 1.29 is 18.8 Å². The highest BCUT2D eigenvalue weighted by Gasteiger charge is 2.40. The van der Waals surface area contributed by atoms with Crippen LogP contribution in [0.1, 0.15) is 22.7 Å². The topological polar surface area (TPSA) is 75.9 Å². The summed E-state index contributed by atoms with van der Waals surface area (Å²) >= 11 is 0. The number of fused-ring (bicyclic) bond motifs is 1. The molecule has 0 spiro atoms. The minimum absolute atomic E-state index is 0.0122. The second kappa shape index (κ2) is 4.90. The summed E-state index contributed by atoms with van der Waals surface area (Å²) in [6.07, 6.45) is 0.736. The molecule has 0 unspecified atom stereocenters. The van der Waals surface area contributed by atoms with Gasteiger partial charge in [0.1, 0.15) is 6.61 Å². The number of nitrogens with zero attached hydrogens (tertiary/aromatic N) is 3. The first-order valence-corrected chi connectivity index (χ1v) is 6.66. The largest absolute Gasteiger partial charge is 0.366 e. The van der Waals surface area contributed by atoms with Crippen LogP contribution in [0.4, 0.5) is 0 Å². The molecule has 0 aromatic carbocycles. The zero-order valence-electron chi connectivity index (χ0n) is 11.5. The number of rotatable bonds is 1. The molecule has 2 amide bonds. The Morgan fingerprint density at radius 2 is 2.30 bits per heavy atom. The Morgan fingerprint density at radius 1 is 1.50 bits per heavy atom. The van der Waals surface area contributed by atoms with Gasteiger partial charge in [-0.15, -0.1) is 0 Å². The standard InChI is InChI=1S/C13H17N3O4/c1-8-5-11(20-14-8)13(18)16-4-3-10-9(6-16)15(2)12(17)7-19-10/h5,9-10H,3-4,6-7H2,1-2H3/t9-,10+/m0/s1. The van der Waals surface area contributed by atoms with Crippen molar-refractivity contribution in [1.29, 1.82) is 0 Å². The molecule has 7 nitrogen and oxygen atoms in total. The number of hydrogen-bond acceptors (Lipinski definition) is 5. The van der Waals surface area contributed by atoms with Crippen molar-refractivity contribution in [3.8, 4) is 0 Å². The summed E-state index contributed by atoms with van der Waals surface area (Å²) < 4.78 is 10.5. The number of aromatic nitrogens is 1. The number of likely N-dealkylation sites (N-methyl/N-ethyl adjacent to an activating group) is 1. The third-order valence-corrected chi connectivity index (χ3v) is 3.96. The number of carbonyl (C=O) groups is 2. The van der Waals surface area contributed by atoms with Crippen molar-refractivity contribution in [2.45, 2.75) is 25.5 Å². The van der Waals surface area contributed by atoms with Crippen LogP contribution in [0.25, 0.3) is 0 Å². The van der Waals surface area contributed by atoms with Gasteiger partial charge in [-0.2, -0.15) is 0 Å². The second-order valence-electron chi connectivity index (χ2n) is 5.29. The predicted molar refractivity (Wildman–Crippen MR) is 68.1 cm³/mol. The van der Waals surface area contributed by atoms with E-state index in [1.807, 2.05) is 0 Å². The number of likely N-dealkylation sites (tertiary alicyclic amines) is 1. The van der Waals surface area contributed by atoms with E-state index >= 15 is 0 Å². The SMILES string of the molecule is Cc1cc(C(=O)N2CC[C@H]3OCC(=O)N(C)[C@H]3C2)on1. The molecule has 0 radical (unpaired) electrons. The zero-order chi connectivity index (χ0) is 14.3. The molecule has 108 valence electrons. The number of morpholine rings is 1. The van der Waals surface area contributed by atoms with E-state index < -0.39 is 0 Å². The molecule has 20 heavy (non-hydrogen) atoms. The molecule has 2 aliphatic rings. The van der Waals surface area contributed by atoms with E-state index in [-0.39, 0.29) is 36.3 Å². The molecule has 2 aliphatic heterocycles. The van der Waals surface area contributed by atoms with E-state index in [9.17, 15) is 9.59 Å². The van der Waals surface area contributed by atoms with Gasteiger partial charge in [0, 0.05) is 26.2 Å². The Hall–Kier alpha value is -1.89. The average molecular weight is 279 g/mol. The van der Waals surface area contributed by atoms with Gasteiger partial charge in [0.2, 0.25) is 11.7 Å². The highest BCUT2D eigenvalue weighted by molar-refractivity contribution is 5.91. The summed E-state index contributed by atoms with van der Waals surface area (Å²) in [5.41, 5.74) is 0.677. The lowest BCUT2D eigenvalue weighted by Crippen LogP contribution is -2.61. The highest BCUT2D eigenvalue weighted by Crippen LogP contribution is 2.23. The predicted octanol–water partition coefficient (Wildman–Crippen LogP) is 0.0547. The Balaban J connectivity index is 1.74. The van der Waals surface area contributed by atoms with Gasteiger partial charge < -0.3 is 19.1 Å². The molecule has 0 aliphatic carbocycles. The highest BCUT2D eigenvalue weighted by atomic mass is 16.5. The maximum Gasteiger partial charge on any atom is 0.292 e. The molecule has 1 aromatic heterocycles. The van der Waals surface area contributed by atoms with Crippen molar-refractivity contribution >= 4 is 11.8 Å². The maximum absolute atomic E-state index is 12.3. The fourth-order valence-corrected chi connectivity index (χ4v) is 2.75.